The standard InChI is InChI=1S/C20H14ClN3O2S/c1-13-16(21)5-4-6-17(13)24-20(25)14(12-22)11-15-8-9-19(26-15)27-18-7-2-3-10-23-18/h2-11H,1H3,(H,24,25)/b14-11+. The van der Waals surface area contributed by atoms with Gasteiger partial charge < -0.3 is 9.73 Å². The fourth-order valence-corrected chi connectivity index (χ4v) is 3.12. The van der Waals surface area contributed by atoms with E-state index in [9.17, 15) is 10.1 Å². The molecule has 0 unspecified atom stereocenters. The molecule has 0 radical (unpaired) electrons. The van der Waals surface area contributed by atoms with Crippen molar-refractivity contribution in [3.63, 3.8) is 0 Å². The average Bonchev–Trinajstić information content (AvgIpc) is 3.11. The van der Waals surface area contributed by atoms with E-state index in [2.05, 4.69) is 10.3 Å². The van der Waals surface area contributed by atoms with Crippen molar-refractivity contribution in [3.8, 4) is 6.07 Å². The number of pyridine rings is 1. The first-order chi connectivity index (χ1) is 13.1. The van der Waals surface area contributed by atoms with Crippen molar-refractivity contribution in [2.75, 3.05) is 5.32 Å². The van der Waals surface area contributed by atoms with Crippen LogP contribution in [0.3, 0.4) is 0 Å². The molecule has 0 spiro atoms. The van der Waals surface area contributed by atoms with Crippen LogP contribution in [0.4, 0.5) is 5.69 Å². The van der Waals surface area contributed by atoms with Gasteiger partial charge >= 0.3 is 0 Å². The Morgan fingerprint density at radius 3 is 2.85 bits per heavy atom. The van der Waals surface area contributed by atoms with Crippen LogP contribution >= 0.6 is 23.4 Å². The molecule has 134 valence electrons. The van der Waals surface area contributed by atoms with Crippen LogP contribution in [0.2, 0.25) is 5.02 Å². The van der Waals surface area contributed by atoms with Gasteiger partial charge in [0, 0.05) is 23.0 Å². The van der Waals surface area contributed by atoms with E-state index in [-0.39, 0.29) is 5.57 Å². The second-order valence-corrected chi connectivity index (χ2v) is 6.90. The minimum atomic E-state index is -0.529. The molecule has 0 fully saturated rings. The van der Waals surface area contributed by atoms with Gasteiger partial charge in [0.05, 0.1) is 0 Å². The molecule has 0 aliphatic carbocycles. The number of furan rings is 1. The lowest BCUT2D eigenvalue weighted by atomic mass is 10.1. The Morgan fingerprint density at radius 2 is 2.11 bits per heavy atom. The Morgan fingerprint density at radius 1 is 1.26 bits per heavy atom. The summed E-state index contributed by atoms with van der Waals surface area (Å²) in [5.41, 5.74) is 1.22. The van der Waals surface area contributed by atoms with Crippen LogP contribution in [0.25, 0.3) is 6.08 Å². The SMILES string of the molecule is Cc1c(Cl)cccc1NC(=O)/C(C#N)=C/c1ccc(Sc2ccccn2)o1. The minimum absolute atomic E-state index is 0.0712. The van der Waals surface area contributed by atoms with Gasteiger partial charge in [0.15, 0.2) is 5.09 Å². The number of carbonyl (C=O) groups is 1. The van der Waals surface area contributed by atoms with E-state index < -0.39 is 5.91 Å². The summed E-state index contributed by atoms with van der Waals surface area (Å²) >= 11 is 7.41. The Balaban J connectivity index is 1.75. The second-order valence-electron chi connectivity index (χ2n) is 5.46. The van der Waals surface area contributed by atoms with Crippen molar-refractivity contribution >= 4 is 41.0 Å². The molecule has 0 saturated heterocycles. The number of carbonyl (C=O) groups excluding carboxylic acids is 1. The number of amides is 1. The van der Waals surface area contributed by atoms with E-state index in [1.165, 1.54) is 17.8 Å². The number of benzene rings is 1. The number of aromatic nitrogens is 1. The number of hydrogen-bond donors (Lipinski definition) is 1. The zero-order valence-corrected chi connectivity index (χ0v) is 15.8. The smallest absolute Gasteiger partial charge is 0.266 e. The van der Waals surface area contributed by atoms with Crippen molar-refractivity contribution in [1.82, 2.24) is 4.98 Å². The van der Waals surface area contributed by atoms with Crippen molar-refractivity contribution in [1.29, 1.82) is 5.26 Å². The molecule has 0 aliphatic rings. The number of hydrogen-bond acceptors (Lipinski definition) is 5. The number of halogens is 1. The van der Waals surface area contributed by atoms with Gasteiger partial charge in [0.25, 0.3) is 5.91 Å². The highest BCUT2D eigenvalue weighted by atomic mass is 35.5. The Bertz CT molecular complexity index is 1040. The quantitative estimate of drug-likeness (QED) is 0.466. The molecule has 0 saturated carbocycles. The van der Waals surface area contributed by atoms with E-state index >= 15 is 0 Å². The molecule has 1 N–H and O–H groups in total. The number of rotatable bonds is 5. The lowest BCUT2D eigenvalue weighted by Gasteiger charge is -2.08. The summed E-state index contributed by atoms with van der Waals surface area (Å²) in [6.07, 6.45) is 3.10. The largest absolute Gasteiger partial charge is 0.450 e. The monoisotopic (exact) mass is 395 g/mol. The van der Waals surface area contributed by atoms with Gasteiger partial charge in [0.2, 0.25) is 0 Å². The van der Waals surface area contributed by atoms with Gasteiger partial charge in [0.1, 0.15) is 22.4 Å². The van der Waals surface area contributed by atoms with Crippen LogP contribution in [0.15, 0.2) is 74.8 Å². The van der Waals surface area contributed by atoms with Gasteiger partial charge in [-0.1, -0.05) is 23.7 Å². The molecule has 2 aromatic heterocycles. The van der Waals surface area contributed by atoms with Crippen LogP contribution in [-0.4, -0.2) is 10.9 Å². The minimum Gasteiger partial charge on any atom is -0.450 e. The highest BCUT2D eigenvalue weighted by Crippen LogP contribution is 2.28. The molecule has 1 aromatic carbocycles. The van der Waals surface area contributed by atoms with Crippen LogP contribution < -0.4 is 5.32 Å². The maximum Gasteiger partial charge on any atom is 0.266 e. The summed E-state index contributed by atoms with van der Waals surface area (Å²) in [5.74, 6) is -0.124. The zero-order valence-electron chi connectivity index (χ0n) is 14.3. The van der Waals surface area contributed by atoms with Crippen LogP contribution in [0.5, 0.6) is 0 Å². The first-order valence-corrected chi connectivity index (χ1v) is 9.13. The number of anilines is 1. The molecule has 7 heteroatoms. The Kier molecular flexibility index (Phi) is 5.97. The summed E-state index contributed by atoms with van der Waals surface area (Å²) in [7, 11) is 0. The second kappa shape index (κ2) is 8.58. The average molecular weight is 396 g/mol. The third-order valence-electron chi connectivity index (χ3n) is 3.61. The van der Waals surface area contributed by atoms with Crippen LogP contribution in [0, 0.1) is 18.3 Å². The lowest BCUT2D eigenvalue weighted by molar-refractivity contribution is -0.112. The van der Waals surface area contributed by atoms with Gasteiger partial charge in [-0.2, -0.15) is 5.26 Å². The van der Waals surface area contributed by atoms with Crippen molar-refractivity contribution in [3.05, 3.63) is 76.6 Å². The van der Waals surface area contributed by atoms with Gasteiger partial charge in [-0.25, -0.2) is 4.98 Å². The third-order valence-corrected chi connectivity index (χ3v) is 4.89. The van der Waals surface area contributed by atoms with E-state index in [0.717, 1.165) is 10.6 Å². The predicted molar refractivity (Wildman–Crippen MR) is 105 cm³/mol. The number of nitrogens with zero attached hydrogens (tertiary/aromatic N) is 2. The summed E-state index contributed by atoms with van der Waals surface area (Å²) in [6, 6.07) is 16.1. The summed E-state index contributed by atoms with van der Waals surface area (Å²) < 4.78 is 5.66. The maximum atomic E-state index is 12.4. The molecular weight excluding hydrogens is 382 g/mol. The fraction of sp³-hybridized carbons (Fsp3) is 0.0500. The van der Waals surface area contributed by atoms with E-state index in [1.807, 2.05) is 24.3 Å². The molecule has 3 rings (SSSR count). The first-order valence-electron chi connectivity index (χ1n) is 7.94. The highest BCUT2D eigenvalue weighted by molar-refractivity contribution is 7.99. The number of nitrogens with one attached hydrogen (secondary N) is 1. The molecule has 27 heavy (non-hydrogen) atoms. The number of nitriles is 1. The van der Waals surface area contributed by atoms with E-state index in [1.54, 1.807) is 43.5 Å². The summed E-state index contributed by atoms with van der Waals surface area (Å²) in [6.45, 7) is 1.79. The van der Waals surface area contributed by atoms with E-state index in [4.69, 9.17) is 16.0 Å². The predicted octanol–water partition coefficient (Wildman–Crippen LogP) is 5.33. The third kappa shape index (κ3) is 4.79. The first kappa shape index (κ1) is 18.8. The Labute approximate surface area is 165 Å². The molecule has 0 aliphatic heterocycles. The Hall–Kier alpha value is -3.01. The van der Waals surface area contributed by atoms with Crippen LogP contribution in [0.1, 0.15) is 11.3 Å². The van der Waals surface area contributed by atoms with Gasteiger partial charge in [-0.15, -0.1) is 0 Å². The summed E-state index contributed by atoms with van der Waals surface area (Å²) in [5, 5.41) is 14.0. The zero-order chi connectivity index (χ0) is 19.2. The molecule has 0 atom stereocenters. The lowest BCUT2D eigenvalue weighted by Crippen LogP contribution is -2.14. The van der Waals surface area contributed by atoms with Crippen molar-refractivity contribution in [2.24, 2.45) is 0 Å². The highest BCUT2D eigenvalue weighted by Gasteiger charge is 2.13. The molecule has 1 amide bonds. The molecule has 2 heterocycles. The molecule has 3 aromatic rings. The summed E-state index contributed by atoms with van der Waals surface area (Å²) in [4.78, 5) is 16.6. The van der Waals surface area contributed by atoms with Crippen molar-refractivity contribution < 1.29 is 9.21 Å². The fourth-order valence-electron chi connectivity index (χ4n) is 2.20. The van der Waals surface area contributed by atoms with E-state index in [0.29, 0.717) is 21.6 Å². The topological polar surface area (TPSA) is 78.9 Å². The molecule has 0 bridgehead atoms. The molecular formula is C20H14ClN3O2S. The van der Waals surface area contributed by atoms with Crippen LogP contribution in [-0.2, 0) is 4.79 Å². The maximum absolute atomic E-state index is 12.4. The van der Waals surface area contributed by atoms with Crippen molar-refractivity contribution in [2.45, 2.75) is 17.0 Å². The normalized spacial score (nSPS) is 11.1. The molecule has 5 nitrogen and oxygen atoms in total. The van der Waals surface area contributed by atoms with Gasteiger partial charge in [-0.3, -0.25) is 4.79 Å². The van der Waals surface area contributed by atoms with Gasteiger partial charge in [-0.05, 0) is 60.6 Å².